The van der Waals surface area contributed by atoms with Gasteiger partial charge in [0, 0.05) is 24.2 Å². The van der Waals surface area contributed by atoms with Crippen LogP contribution in [0, 0.1) is 5.92 Å². The minimum absolute atomic E-state index is 0.00241. The first-order valence-electron chi connectivity index (χ1n) is 7.05. The third kappa shape index (κ3) is 4.74. The minimum Gasteiger partial charge on any atom is -0.480 e. The summed E-state index contributed by atoms with van der Waals surface area (Å²) in [5.74, 6) is -0.968. The van der Waals surface area contributed by atoms with E-state index in [4.69, 9.17) is 0 Å². The zero-order valence-corrected chi connectivity index (χ0v) is 13.7. The van der Waals surface area contributed by atoms with Crippen LogP contribution in [0.2, 0.25) is 0 Å². The quantitative estimate of drug-likeness (QED) is 0.784. The summed E-state index contributed by atoms with van der Waals surface area (Å²) >= 11 is 1.25. The Labute approximate surface area is 129 Å². The lowest BCUT2D eigenvalue weighted by molar-refractivity contribution is -0.137. The van der Waals surface area contributed by atoms with Crippen LogP contribution in [0.4, 0.5) is 0 Å². The van der Waals surface area contributed by atoms with E-state index in [2.05, 4.69) is 4.98 Å². The van der Waals surface area contributed by atoms with Crippen LogP contribution in [0.1, 0.15) is 38.2 Å². The Balaban J connectivity index is 2.95. The van der Waals surface area contributed by atoms with E-state index < -0.39 is 11.2 Å². The van der Waals surface area contributed by atoms with Crippen LogP contribution < -0.4 is 0 Å². The number of nitrogens with zero attached hydrogens (tertiary/aromatic N) is 2. The van der Waals surface area contributed by atoms with Crippen molar-refractivity contribution in [2.45, 2.75) is 37.8 Å². The molecule has 0 bridgehead atoms. The molecule has 5 nitrogen and oxygen atoms in total. The standard InChI is InChI=1S/C15H22N2O3S/c1-5-17(6-2)14(18)12-9-11(7-8-16-12)21-13(10(3)4)15(19)20/h7-10,13H,5-6H2,1-4H3,(H,19,20). The van der Waals surface area contributed by atoms with Crippen molar-refractivity contribution in [1.82, 2.24) is 9.88 Å². The summed E-state index contributed by atoms with van der Waals surface area (Å²) in [5.41, 5.74) is 0.358. The summed E-state index contributed by atoms with van der Waals surface area (Å²) in [5, 5.41) is 8.70. The first-order valence-corrected chi connectivity index (χ1v) is 7.93. The number of amides is 1. The van der Waals surface area contributed by atoms with Crippen LogP contribution in [0.3, 0.4) is 0 Å². The van der Waals surface area contributed by atoms with Gasteiger partial charge in [-0.1, -0.05) is 13.8 Å². The second-order valence-electron chi connectivity index (χ2n) is 4.97. The average Bonchev–Trinajstić information content (AvgIpc) is 2.45. The van der Waals surface area contributed by atoms with E-state index in [9.17, 15) is 14.7 Å². The highest BCUT2D eigenvalue weighted by Crippen LogP contribution is 2.28. The fourth-order valence-electron chi connectivity index (χ4n) is 1.89. The Kier molecular flexibility index (Phi) is 6.68. The number of pyridine rings is 1. The molecule has 1 heterocycles. The lowest BCUT2D eigenvalue weighted by Gasteiger charge is -2.19. The van der Waals surface area contributed by atoms with E-state index in [0.29, 0.717) is 18.8 Å². The van der Waals surface area contributed by atoms with Crippen molar-refractivity contribution in [2.75, 3.05) is 13.1 Å². The Morgan fingerprint density at radius 3 is 2.43 bits per heavy atom. The second-order valence-corrected chi connectivity index (χ2v) is 6.19. The van der Waals surface area contributed by atoms with E-state index in [1.807, 2.05) is 27.7 Å². The average molecular weight is 310 g/mol. The molecule has 1 unspecified atom stereocenters. The zero-order chi connectivity index (χ0) is 16.0. The molecule has 0 aliphatic rings. The van der Waals surface area contributed by atoms with E-state index in [0.717, 1.165) is 4.90 Å². The monoisotopic (exact) mass is 310 g/mol. The molecule has 1 amide bonds. The highest BCUT2D eigenvalue weighted by atomic mass is 32.2. The Morgan fingerprint density at radius 2 is 1.95 bits per heavy atom. The van der Waals surface area contributed by atoms with Crippen molar-refractivity contribution < 1.29 is 14.7 Å². The first-order chi connectivity index (χ1) is 9.90. The number of thioether (sulfide) groups is 1. The molecule has 0 spiro atoms. The Hall–Kier alpha value is -1.56. The normalized spacial score (nSPS) is 12.2. The van der Waals surface area contributed by atoms with E-state index in [1.54, 1.807) is 23.2 Å². The number of hydrogen-bond donors (Lipinski definition) is 1. The van der Waals surface area contributed by atoms with Gasteiger partial charge in [0.2, 0.25) is 0 Å². The third-order valence-electron chi connectivity index (χ3n) is 3.11. The molecule has 1 aromatic heterocycles. The smallest absolute Gasteiger partial charge is 0.317 e. The lowest BCUT2D eigenvalue weighted by atomic mass is 10.1. The molecule has 0 aromatic carbocycles. The fourth-order valence-corrected chi connectivity index (χ4v) is 2.88. The Bertz CT molecular complexity index is 501. The van der Waals surface area contributed by atoms with Crippen LogP contribution in [0.5, 0.6) is 0 Å². The lowest BCUT2D eigenvalue weighted by Crippen LogP contribution is -2.31. The number of carbonyl (C=O) groups is 2. The van der Waals surface area contributed by atoms with E-state index in [1.165, 1.54) is 11.8 Å². The molecular weight excluding hydrogens is 288 g/mol. The number of aliphatic carboxylic acids is 1. The van der Waals surface area contributed by atoms with Crippen molar-refractivity contribution in [3.8, 4) is 0 Å². The predicted molar refractivity (Wildman–Crippen MR) is 83.6 cm³/mol. The zero-order valence-electron chi connectivity index (χ0n) is 12.9. The fraction of sp³-hybridized carbons (Fsp3) is 0.533. The van der Waals surface area contributed by atoms with Gasteiger partial charge in [0.1, 0.15) is 10.9 Å². The molecule has 1 rings (SSSR count). The summed E-state index contributed by atoms with van der Waals surface area (Å²) in [6.07, 6.45) is 1.55. The molecule has 6 heteroatoms. The summed E-state index contributed by atoms with van der Waals surface area (Å²) in [7, 11) is 0. The molecule has 1 atom stereocenters. The van der Waals surface area contributed by atoms with Crippen LogP contribution >= 0.6 is 11.8 Å². The number of rotatable bonds is 7. The summed E-state index contributed by atoms with van der Waals surface area (Å²) in [6.45, 7) is 8.82. The maximum absolute atomic E-state index is 12.3. The third-order valence-corrected chi connectivity index (χ3v) is 4.64. The summed E-state index contributed by atoms with van der Waals surface area (Å²) in [6, 6.07) is 3.41. The maximum atomic E-state index is 12.3. The van der Waals surface area contributed by atoms with Crippen molar-refractivity contribution in [3.63, 3.8) is 0 Å². The predicted octanol–water partition coefficient (Wildman–Crippen LogP) is 2.76. The Morgan fingerprint density at radius 1 is 1.33 bits per heavy atom. The van der Waals surface area contributed by atoms with Crippen molar-refractivity contribution >= 4 is 23.6 Å². The van der Waals surface area contributed by atoms with Gasteiger partial charge in [-0.3, -0.25) is 14.6 Å². The van der Waals surface area contributed by atoms with Gasteiger partial charge in [-0.15, -0.1) is 11.8 Å². The van der Waals surface area contributed by atoms with Crippen molar-refractivity contribution in [1.29, 1.82) is 0 Å². The van der Waals surface area contributed by atoms with E-state index >= 15 is 0 Å². The molecule has 0 saturated heterocycles. The largest absolute Gasteiger partial charge is 0.480 e. The SMILES string of the molecule is CCN(CC)C(=O)c1cc(SC(C(=O)O)C(C)C)ccn1. The molecule has 116 valence electrons. The minimum atomic E-state index is -0.844. The highest BCUT2D eigenvalue weighted by molar-refractivity contribution is 8.00. The molecule has 1 N–H and O–H groups in total. The second kappa shape index (κ2) is 8.02. The number of carboxylic acid groups (broad SMARTS) is 1. The van der Waals surface area contributed by atoms with Crippen molar-refractivity contribution in [3.05, 3.63) is 24.0 Å². The number of carbonyl (C=O) groups excluding carboxylic acids is 1. The molecule has 0 aliphatic heterocycles. The summed E-state index contributed by atoms with van der Waals surface area (Å²) < 4.78 is 0. The highest BCUT2D eigenvalue weighted by Gasteiger charge is 2.23. The summed E-state index contributed by atoms with van der Waals surface area (Å²) in [4.78, 5) is 30.0. The maximum Gasteiger partial charge on any atom is 0.317 e. The number of carboxylic acids is 1. The van der Waals surface area contributed by atoms with Gasteiger partial charge in [-0.2, -0.15) is 0 Å². The molecule has 1 aromatic rings. The number of hydrogen-bond acceptors (Lipinski definition) is 4. The molecule has 0 fully saturated rings. The molecule has 0 aliphatic carbocycles. The molecule has 21 heavy (non-hydrogen) atoms. The van der Waals surface area contributed by atoms with Crippen LogP contribution in [-0.4, -0.2) is 45.2 Å². The van der Waals surface area contributed by atoms with Gasteiger partial charge in [-0.05, 0) is 31.9 Å². The topological polar surface area (TPSA) is 70.5 Å². The number of aromatic nitrogens is 1. The van der Waals surface area contributed by atoms with E-state index in [-0.39, 0.29) is 11.8 Å². The first kappa shape index (κ1) is 17.5. The molecule has 0 radical (unpaired) electrons. The van der Waals surface area contributed by atoms with Crippen molar-refractivity contribution in [2.24, 2.45) is 5.92 Å². The molecular formula is C15H22N2O3S. The van der Waals surface area contributed by atoms with Crippen LogP contribution in [-0.2, 0) is 4.79 Å². The van der Waals surface area contributed by atoms with Gasteiger partial charge >= 0.3 is 5.97 Å². The van der Waals surface area contributed by atoms with Gasteiger partial charge in [0.05, 0.1) is 0 Å². The van der Waals surface area contributed by atoms with Gasteiger partial charge in [-0.25, -0.2) is 0 Å². The van der Waals surface area contributed by atoms with Gasteiger partial charge in [0.25, 0.3) is 5.91 Å². The van der Waals surface area contributed by atoms with Crippen LogP contribution in [0.15, 0.2) is 23.2 Å². The van der Waals surface area contributed by atoms with Gasteiger partial charge < -0.3 is 10.0 Å². The molecule has 0 saturated carbocycles. The van der Waals surface area contributed by atoms with Gasteiger partial charge in [0.15, 0.2) is 0 Å². The van der Waals surface area contributed by atoms with Crippen LogP contribution in [0.25, 0.3) is 0 Å².